The van der Waals surface area contributed by atoms with Crippen LogP contribution in [0.15, 0.2) is 29.6 Å². The van der Waals surface area contributed by atoms with E-state index in [1.54, 1.807) is 11.3 Å². The van der Waals surface area contributed by atoms with Crippen molar-refractivity contribution in [3.8, 4) is 0 Å². The summed E-state index contributed by atoms with van der Waals surface area (Å²) in [6.45, 7) is 2.68. The predicted octanol–water partition coefficient (Wildman–Crippen LogP) is 3.87. The van der Waals surface area contributed by atoms with E-state index in [0.29, 0.717) is 6.54 Å². The predicted molar refractivity (Wildman–Crippen MR) is 83.3 cm³/mol. The van der Waals surface area contributed by atoms with Crippen LogP contribution < -0.4 is 5.32 Å². The summed E-state index contributed by atoms with van der Waals surface area (Å²) in [5.41, 5.74) is 4.60. The van der Waals surface area contributed by atoms with Gasteiger partial charge >= 0.3 is 0 Å². The molecule has 2 nitrogen and oxygen atoms in total. The SMILES string of the molecule is Cc1ccccc1CNC(=O)c1csc2c1CCCC2. The average Bonchev–Trinajstić information content (AvgIpc) is 2.90. The van der Waals surface area contributed by atoms with E-state index >= 15 is 0 Å². The third kappa shape index (κ3) is 2.63. The molecule has 3 heteroatoms. The first-order valence-electron chi connectivity index (χ1n) is 7.17. The van der Waals surface area contributed by atoms with Crippen molar-refractivity contribution in [3.05, 3.63) is 56.8 Å². The van der Waals surface area contributed by atoms with Crippen LogP contribution in [0.2, 0.25) is 0 Å². The van der Waals surface area contributed by atoms with Crippen molar-refractivity contribution < 1.29 is 4.79 Å². The molecule has 1 aliphatic rings. The molecule has 0 unspecified atom stereocenters. The Morgan fingerprint density at radius 2 is 2.05 bits per heavy atom. The topological polar surface area (TPSA) is 29.1 Å². The third-order valence-corrected chi connectivity index (χ3v) is 5.10. The van der Waals surface area contributed by atoms with Crippen LogP contribution in [0.3, 0.4) is 0 Å². The molecule has 1 aromatic carbocycles. The summed E-state index contributed by atoms with van der Waals surface area (Å²) in [5, 5.41) is 5.09. The lowest BCUT2D eigenvalue weighted by atomic mass is 9.95. The molecule has 2 aromatic rings. The number of thiophene rings is 1. The highest BCUT2D eigenvalue weighted by atomic mass is 32.1. The fourth-order valence-corrected chi connectivity index (χ4v) is 3.89. The van der Waals surface area contributed by atoms with Crippen LogP contribution >= 0.6 is 11.3 Å². The molecule has 0 spiro atoms. The molecule has 20 heavy (non-hydrogen) atoms. The Balaban J connectivity index is 1.71. The van der Waals surface area contributed by atoms with E-state index in [9.17, 15) is 4.79 Å². The molecule has 0 fully saturated rings. The van der Waals surface area contributed by atoms with Gasteiger partial charge in [0.05, 0.1) is 5.56 Å². The van der Waals surface area contributed by atoms with Gasteiger partial charge in [-0.2, -0.15) is 0 Å². The van der Waals surface area contributed by atoms with Crippen LogP contribution in [-0.4, -0.2) is 5.91 Å². The van der Waals surface area contributed by atoms with Gasteiger partial charge < -0.3 is 5.32 Å². The lowest BCUT2D eigenvalue weighted by Gasteiger charge is -2.13. The van der Waals surface area contributed by atoms with Gasteiger partial charge in [0.1, 0.15) is 0 Å². The Bertz CT molecular complexity index is 630. The van der Waals surface area contributed by atoms with Crippen molar-refractivity contribution in [2.45, 2.75) is 39.2 Å². The highest BCUT2D eigenvalue weighted by Gasteiger charge is 2.19. The molecule has 0 atom stereocenters. The molecular formula is C17H19NOS. The standard InChI is InChI=1S/C17H19NOS/c1-12-6-2-3-7-13(12)10-18-17(19)15-11-20-16-9-5-4-8-14(15)16/h2-3,6-7,11H,4-5,8-10H2,1H3,(H,18,19). The second-order valence-electron chi connectivity index (χ2n) is 5.37. The summed E-state index contributed by atoms with van der Waals surface area (Å²) < 4.78 is 0. The zero-order valence-electron chi connectivity index (χ0n) is 11.7. The van der Waals surface area contributed by atoms with E-state index in [-0.39, 0.29) is 5.91 Å². The summed E-state index contributed by atoms with van der Waals surface area (Å²) in [5.74, 6) is 0.0765. The van der Waals surface area contributed by atoms with E-state index in [1.165, 1.54) is 34.4 Å². The molecule has 104 valence electrons. The molecule has 1 N–H and O–H groups in total. The van der Waals surface area contributed by atoms with Crippen LogP contribution in [0, 0.1) is 6.92 Å². The lowest BCUT2D eigenvalue weighted by molar-refractivity contribution is 0.0950. The normalized spacial score (nSPS) is 13.8. The fourth-order valence-electron chi connectivity index (χ4n) is 2.76. The van der Waals surface area contributed by atoms with E-state index in [4.69, 9.17) is 0 Å². The highest BCUT2D eigenvalue weighted by Crippen LogP contribution is 2.30. The number of carbonyl (C=O) groups is 1. The van der Waals surface area contributed by atoms with E-state index in [2.05, 4.69) is 24.4 Å². The van der Waals surface area contributed by atoms with Crippen LogP contribution in [-0.2, 0) is 19.4 Å². The Labute approximate surface area is 123 Å². The molecule has 3 rings (SSSR count). The van der Waals surface area contributed by atoms with Crippen LogP contribution in [0.25, 0.3) is 0 Å². The summed E-state index contributed by atoms with van der Waals surface area (Å²) in [4.78, 5) is 13.8. The average molecular weight is 285 g/mol. The smallest absolute Gasteiger partial charge is 0.252 e. The molecule has 1 heterocycles. The van der Waals surface area contributed by atoms with Crippen LogP contribution in [0.5, 0.6) is 0 Å². The summed E-state index contributed by atoms with van der Waals surface area (Å²) >= 11 is 1.74. The maximum atomic E-state index is 12.4. The van der Waals surface area contributed by atoms with Gasteiger partial charge in [-0.15, -0.1) is 11.3 Å². The fraction of sp³-hybridized carbons (Fsp3) is 0.353. The second kappa shape index (κ2) is 5.80. The van der Waals surface area contributed by atoms with Crippen molar-refractivity contribution in [3.63, 3.8) is 0 Å². The maximum Gasteiger partial charge on any atom is 0.252 e. The minimum absolute atomic E-state index is 0.0765. The van der Waals surface area contributed by atoms with Crippen molar-refractivity contribution in [2.24, 2.45) is 0 Å². The number of hydrogen-bond donors (Lipinski definition) is 1. The monoisotopic (exact) mass is 285 g/mol. The highest BCUT2D eigenvalue weighted by molar-refractivity contribution is 7.10. The molecule has 0 saturated carbocycles. The van der Waals surface area contributed by atoms with Crippen molar-refractivity contribution >= 4 is 17.2 Å². The maximum absolute atomic E-state index is 12.4. The molecule has 1 amide bonds. The Kier molecular flexibility index (Phi) is 3.88. The van der Waals surface area contributed by atoms with Crippen molar-refractivity contribution in [2.75, 3.05) is 0 Å². The Morgan fingerprint density at radius 1 is 1.25 bits per heavy atom. The van der Waals surface area contributed by atoms with Gasteiger partial charge in [0.2, 0.25) is 0 Å². The minimum Gasteiger partial charge on any atom is -0.348 e. The Hall–Kier alpha value is -1.61. The van der Waals surface area contributed by atoms with Crippen molar-refractivity contribution in [1.82, 2.24) is 5.32 Å². The number of nitrogens with one attached hydrogen (secondary N) is 1. The summed E-state index contributed by atoms with van der Waals surface area (Å²) in [6.07, 6.45) is 4.68. The number of carbonyl (C=O) groups excluding carboxylic acids is 1. The van der Waals surface area contributed by atoms with Gasteiger partial charge in [-0.3, -0.25) is 4.79 Å². The first kappa shape index (κ1) is 13.4. The number of fused-ring (bicyclic) bond motifs is 1. The first-order valence-corrected chi connectivity index (χ1v) is 8.05. The zero-order chi connectivity index (χ0) is 13.9. The Morgan fingerprint density at radius 3 is 2.90 bits per heavy atom. The molecule has 0 aliphatic heterocycles. The van der Waals surface area contributed by atoms with Crippen molar-refractivity contribution in [1.29, 1.82) is 0 Å². The number of rotatable bonds is 3. The van der Waals surface area contributed by atoms with Gasteiger partial charge in [0.15, 0.2) is 0 Å². The quantitative estimate of drug-likeness (QED) is 0.911. The van der Waals surface area contributed by atoms with Gasteiger partial charge in [-0.05, 0) is 49.3 Å². The number of amides is 1. The van der Waals surface area contributed by atoms with Crippen LogP contribution in [0.1, 0.15) is 44.8 Å². The second-order valence-corrected chi connectivity index (χ2v) is 6.33. The molecule has 0 saturated heterocycles. The van der Waals surface area contributed by atoms with Gasteiger partial charge in [-0.25, -0.2) is 0 Å². The third-order valence-electron chi connectivity index (χ3n) is 4.01. The van der Waals surface area contributed by atoms with E-state index in [1.807, 2.05) is 17.5 Å². The van der Waals surface area contributed by atoms with Gasteiger partial charge in [0, 0.05) is 16.8 Å². The largest absolute Gasteiger partial charge is 0.348 e. The van der Waals surface area contributed by atoms with Crippen LogP contribution in [0.4, 0.5) is 0 Å². The van der Waals surface area contributed by atoms with Gasteiger partial charge in [0.25, 0.3) is 5.91 Å². The molecule has 1 aromatic heterocycles. The van der Waals surface area contributed by atoms with E-state index < -0.39 is 0 Å². The number of benzene rings is 1. The first-order chi connectivity index (χ1) is 9.75. The molecular weight excluding hydrogens is 266 g/mol. The minimum atomic E-state index is 0.0765. The van der Waals surface area contributed by atoms with Gasteiger partial charge in [-0.1, -0.05) is 24.3 Å². The molecule has 0 radical (unpaired) electrons. The number of aryl methyl sites for hydroxylation is 2. The summed E-state index contributed by atoms with van der Waals surface area (Å²) in [7, 11) is 0. The number of hydrogen-bond acceptors (Lipinski definition) is 2. The molecule has 1 aliphatic carbocycles. The summed E-state index contributed by atoms with van der Waals surface area (Å²) in [6, 6.07) is 8.18. The lowest BCUT2D eigenvalue weighted by Crippen LogP contribution is -2.24. The van der Waals surface area contributed by atoms with E-state index in [0.717, 1.165) is 18.4 Å². The molecule has 0 bridgehead atoms. The zero-order valence-corrected chi connectivity index (χ0v) is 12.6.